The van der Waals surface area contributed by atoms with Crippen LogP contribution in [-0.4, -0.2) is 45.4 Å². The standard InChI is InChI=1S/C22H27ClN2O4/c1-2-28-19-9-3-4-10-20(19)29-14-6-11-21(26)24-18-8-5-7-17(23)22(18)25-12-15-27-16-13-25/h3-5,7-10H,2,6,11-16H2,1H3,(H,24,26). The van der Waals surface area contributed by atoms with Gasteiger partial charge in [0, 0.05) is 19.5 Å². The lowest BCUT2D eigenvalue weighted by Crippen LogP contribution is -2.37. The molecule has 3 rings (SSSR count). The van der Waals surface area contributed by atoms with Crippen molar-refractivity contribution in [2.24, 2.45) is 0 Å². The molecule has 0 aromatic heterocycles. The van der Waals surface area contributed by atoms with E-state index >= 15 is 0 Å². The lowest BCUT2D eigenvalue weighted by molar-refractivity contribution is -0.116. The monoisotopic (exact) mass is 418 g/mol. The SMILES string of the molecule is CCOc1ccccc1OCCCC(=O)Nc1cccc(Cl)c1N1CCOCC1. The number of amides is 1. The summed E-state index contributed by atoms with van der Waals surface area (Å²) in [5.74, 6) is 1.34. The molecule has 0 unspecified atom stereocenters. The molecule has 6 nitrogen and oxygen atoms in total. The molecule has 2 aromatic carbocycles. The van der Waals surface area contributed by atoms with Crippen molar-refractivity contribution in [2.75, 3.05) is 49.7 Å². The number of morpholine rings is 1. The van der Waals surface area contributed by atoms with Gasteiger partial charge in [0.05, 0.1) is 42.8 Å². The lowest BCUT2D eigenvalue weighted by Gasteiger charge is -2.31. The second-order valence-corrected chi connectivity index (χ2v) is 7.02. The van der Waals surface area contributed by atoms with Crippen LogP contribution in [0.1, 0.15) is 19.8 Å². The Labute approximate surface area is 176 Å². The molecule has 0 bridgehead atoms. The minimum absolute atomic E-state index is 0.0662. The first kappa shape index (κ1) is 21.3. The summed E-state index contributed by atoms with van der Waals surface area (Å²) in [6.07, 6.45) is 0.950. The number of nitrogens with one attached hydrogen (secondary N) is 1. The van der Waals surface area contributed by atoms with Crippen molar-refractivity contribution in [3.8, 4) is 11.5 Å². The molecular weight excluding hydrogens is 392 g/mol. The van der Waals surface area contributed by atoms with Gasteiger partial charge in [0.2, 0.25) is 5.91 Å². The molecule has 0 radical (unpaired) electrons. The molecule has 156 valence electrons. The van der Waals surface area contributed by atoms with Gasteiger partial charge in [-0.15, -0.1) is 0 Å². The number of carbonyl (C=O) groups is 1. The zero-order valence-electron chi connectivity index (χ0n) is 16.7. The summed E-state index contributed by atoms with van der Waals surface area (Å²) in [5, 5.41) is 3.62. The Kier molecular flexibility index (Phi) is 8.02. The van der Waals surface area contributed by atoms with Crippen LogP contribution in [0, 0.1) is 0 Å². The highest BCUT2D eigenvalue weighted by Gasteiger charge is 2.19. The molecule has 1 aliphatic heterocycles. The van der Waals surface area contributed by atoms with Crippen molar-refractivity contribution in [1.29, 1.82) is 0 Å². The average Bonchev–Trinajstić information content (AvgIpc) is 2.73. The number of carbonyl (C=O) groups excluding carboxylic acids is 1. The van der Waals surface area contributed by atoms with Crippen molar-refractivity contribution in [2.45, 2.75) is 19.8 Å². The molecule has 1 heterocycles. The minimum Gasteiger partial charge on any atom is -0.490 e. The summed E-state index contributed by atoms with van der Waals surface area (Å²) in [7, 11) is 0. The molecular formula is C22H27ClN2O4. The first-order chi connectivity index (χ1) is 14.2. The van der Waals surface area contributed by atoms with Crippen LogP contribution in [0.15, 0.2) is 42.5 Å². The number of hydrogen-bond donors (Lipinski definition) is 1. The molecule has 29 heavy (non-hydrogen) atoms. The molecule has 2 aromatic rings. The van der Waals surface area contributed by atoms with Gasteiger partial charge in [-0.2, -0.15) is 0 Å². The van der Waals surface area contributed by atoms with Gasteiger partial charge < -0.3 is 24.4 Å². The molecule has 7 heteroatoms. The summed E-state index contributed by atoms with van der Waals surface area (Å²) in [5.41, 5.74) is 1.58. The number of benzene rings is 2. The van der Waals surface area contributed by atoms with E-state index < -0.39 is 0 Å². The van der Waals surface area contributed by atoms with Gasteiger partial charge in [-0.05, 0) is 37.6 Å². The van der Waals surface area contributed by atoms with E-state index in [4.69, 9.17) is 25.8 Å². The maximum absolute atomic E-state index is 12.5. The Morgan fingerprint density at radius 3 is 2.55 bits per heavy atom. The van der Waals surface area contributed by atoms with E-state index in [1.807, 2.05) is 49.4 Å². The molecule has 1 fully saturated rings. The zero-order valence-corrected chi connectivity index (χ0v) is 17.4. The van der Waals surface area contributed by atoms with Crippen LogP contribution in [0.3, 0.4) is 0 Å². The highest BCUT2D eigenvalue weighted by molar-refractivity contribution is 6.34. The topological polar surface area (TPSA) is 60.0 Å². The number of nitrogens with zero attached hydrogens (tertiary/aromatic N) is 1. The second-order valence-electron chi connectivity index (χ2n) is 6.62. The first-order valence-electron chi connectivity index (χ1n) is 9.94. The fraction of sp³-hybridized carbons (Fsp3) is 0.409. The second kappa shape index (κ2) is 10.9. The Bertz CT molecular complexity index is 809. The molecule has 0 saturated carbocycles. The average molecular weight is 419 g/mol. The Morgan fingerprint density at radius 1 is 1.10 bits per heavy atom. The zero-order chi connectivity index (χ0) is 20.5. The van der Waals surface area contributed by atoms with E-state index in [0.717, 1.165) is 24.5 Å². The predicted octanol–water partition coefficient (Wildman–Crippen LogP) is 4.37. The lowest BCUT2D eigenvalue weighted by atomic mass is 10.2. The number of halogens is 1. The molecule has 0 aliphatic carbocycles. The number of para-hydroxylation sites is 3. The van der Waals surface area contributed by atoms with E-state index in [1.165, 1.54) is 0 Å². The maximum Gasteiger partial charge on any atom is 0.224 e. The van der Waals surface area contributed by atoms with E-state index in [0.29, 0.717) is 55.8 Å². The van der Waals surface area contributed by atoms with Crippen molar-refractivity contribution < 1.29 is 19.0 Å². The first-order valence-corrected chi connectivity index (χ1v) is 10.3. The van der Waals surface area contributed by atoms with Crippen molar-refractivity contribution in [1.82, 2.24) is 0 Å². The van der Waals surface area contributed by atoms with Crippen LogP contribution in [0.25, 0.3) is 0 Å². The summed E-state index contributed by atoms with van der Waals surface area (Å²) in [6, 6.07) is 13.1. The van der Waals surface area contributed by atoms with Crippen molar-refractivity contribution >= 4 is 28.9 Å². The summed E-state index contributed by atoms with van der Waals surface area (Å²) < 4.78 is 16.7. The van der Waals surface area contributed by atoms with Gasteiger partial charge >= 0.3 is 0 Å². The fourth-order valence-electron chi connectivity index (χ4n) is 3.20. The van der Waals surface area contributed by atoms with Gasteiger partial charge in [0.25, 0.3) is 0 Å². The number of anilines is 2. The summed E-state index contributed by atoms with van der Waals surface area (Å²) in [6.45, 7) is 5.75. The third kappa shape index (κ3) is 6.02. The third-order valence-corrected chi connectivity index (χ3v) is 4.85. The summed E-state index contributed by atoms with van der Waals surface area (Å²) in [4.78, 5) is 14.6. The maximum atomic E-state index is 12.5. The molecule has 1 saturated heterocycles. The number of rotatable bonds is 9. The van der Waals surface area contributed by atoms with Gasteiger partial charge in [0.15, 0.2) is 11.5 Å². The quantitative estimate of drug-likeness (QED) is 0.612. The van der Waals surface area contributed by atoms with Crippen LogP contribution in [0.5, 0.6) is 11.5 Å². The van der Waals surface area contributed by atoms with Crippen LogP contribution in [0.4, 0.5) is 11.4 Å². The van der Waals surface area contributed by atoms with E-state index in [-0.39, 0.29) is 5.91 Å². The minimum atomic E-state index is -0.0662. The van der Waals surface area contributed by atoms with Crippen LogP contribution in [-0.2, 0) is 9.53 Å². The highest BCUT2D eigenvalue weighted by Crippen LogP contribution is 2.34. The van der Waals surface area contributed by atoms with Gasteiger partial charge in [-0.3, -0.25) is 4.79 Å². The van der Waals surface area contributed by atoms with Crippen molar-refractivity contribution in [3.05, 3.63) is 47.5 Å². The van der Waals surface area contributed by atoms with E-state index in [1.54, 1.807) is 0 Å². The van der Waals surface area contributed by atoms with Crippen molar-refractivity contribution in [3.63, 3.8) is 0 Å². The molecule has 0 spiro atoms. The smallest absolute Gasteiger partial charge is 0.224 e. The van der Waals surface area contributed by atoms with Crippen LogP contribution < -0.4 is 19.7 Å². The van der Waals surface area contributed by atoms with Gasteiger partial charge in [-0.1, -0.05) is 29.8 Å². The number of ether oxygens (including phenoxy) is 3. The highest BCUT2D eigenvalue weighted by atomic mass is 35.5. The predicted molar refractivity (Wildman–Crippen MR) is 115 cm³/mol. The van der Waals surface area contributed by atoms with Gasteiger partial charge in [-0.25, -0.2) is 0 Å². The summed E-state index contributed by atoms with van der Waals surface area (Å²) >= 11 is 6.42. The molecule has 0 atom stereocenters. The Balaban J connectivity index is 1.52. The van der Waals surface area contributed by atoms with E-state index in [2.05, 4.69) is 10.2 Å². The van der Waals surface area contributed by atoms with Crippen LogP contribution >= 0.6 is 11.6 Å². The van der Waals surface area contributed by atoms with Gasteiger partial charge in [0.1, 0.15) is 0 Å². The largest absolute Gasteiger partial charge is 0.490 e. The number of hydrogen-bond acceptors (Lipinski definition) is 5. The molecule has 1 aliphatic rings. The van der Waals surface area contributed by atoms with E-state index in [9.17, 15) is 4.79 Å². The molecule has 1 N–H and O–H groups in total. The Morgan fingerprint density at radius 2 is 1.83 bits per heavy atom. The normalized spacial score (nSPS) is 13.8. The van der Waals surface area contributed by atoms with Crippen LogP contribution in [0.2, 0.25) is 5.02 Å². The third-order valence-electron chi connectivity index (χ3n) is 4.54. The fourth-order valence-corrected chi connectivity index (χ4v) is 3.49. The molecule has 1 amide bonds. The Hall–Kier alpha value is -2.44.